The summed E-state index contributed by atoms with van der Waals surface area (Å²) in [5.74, 6) is 0.154. The highest BCUT2D eigenvalue weighted by molar-refractivity contribution is 8.00. The summed E-state index contributed by atoms with van der Waals surface area (Å²) < 4.78 is 26.7. The lowest BCUT2D eigenvalue weighted by molar-refractivity contribution is -0.113. The van der Waals surface area contributed by atoms with Gasteiger partial charge in [-0.05, 0) is 48.6 Å². The van der Waals surface area contributed by atoms with Gasteiger partial charge in [0, 0.05) is 29.1 Å². The predicted molar refractivity (Wildman–Crippen MR) is 118 cm³/mol. The Balaban J connectivity index is 1.38. The van der Waals surface area contributed by atoms with Crippen molar-refractivity contribution >= 4 is 44.2 Å². The van der Waals surface area contributed by atoms with E-state index in [1.165, 1.54) is 16.1 Å². The number of carbonyl (C=O) groups is 1. The summed E-state index contributed by atoms with van der Waals surface area (Å²) in [6.07, 6.45) is 1.83. The standard InChI is InChI=1S/C22H22N2O3S2/c25-22(23-21-9-5-7-17-6-1-2-8-20(17)21)16-28-18-10-12-19(13-11-18)29(26,27)24-14-3-4-15-24/h1-2,5-13H,3-4,14-16H2,(H,23,25). The van der Waals surface area contributed by atoms with Crippen molar-refractivity contribution in [1.82, 2.24) is 4.31 Å². The maximum absolute atomic E-state index is 12.6. The molecule has 29 heavy (non-hydrogen) atoms. The first-order valence-electron chi connectivity index (χ1n) is 9.55. The number of hydrogen-bond acceptors (Lipinski definition) is 4. The maximum Gasteiger partial charge on any atom is 0.243 e. The number of carbonyl (C=O) groups excluding carboxylic acids is 1. The topological polar surface area (TPSA) is 66.5 Å². The molecule has 150 valence electrons. The van der Waals surface area contributed by atoms with Gasteiger partial charge in [0.2, 0.25) is 15.9 Å². The summed E-state index contributed by atoms with van der Waals surface area (Å²) >= 11 is 1.38. The third-order valence-electron chi connectivity index (χ3n) is 4.96. The number of thioether (sulfide) groups is 1. The molecule has 1 N–H and O–H groups in total. The minimum absolute atomic E-state index is 0.0971. The Bertz CT molecular complexity index is 1120. The van der Waals surface area contributed by atoms with Crippen molar-refractivity contribution in [3.63, 3.8) is 0 Å². The van der Waals surface area contributed by atoms with Crippen molar-refractivity contribution in [3.05, 3.63) is 66.7 Å². The number of benzene rings is 3. The highest BCUT2D eigenvalue weighted by Gasteiger charge is 2.26. The van der Waals surface area contributed by atoms with Crippen molar-refractivity contribution in [3.8, 4) is 0 Å². The maximum atomic E-state index is 12.6. The molecule has 1 heterocycles. The van der Waals surface area contributed by atoms with E-state index in [1.54, 1.807) is 24.3 Å². The lowest BCUT2D eigenvalue weighted by atomic mass is 10.1. The largest absolute Gasteiger partial charge is 0.325 e. The van der Waals surface area contributed by atoms with E-state index in [-0.39, 0.29) is 11.7 Å². The van der Waals surface area contributed by atoms with Gasteiger partial charge in [0.05, 0.1) is 10.6 Å². The number of nitrogens with zero attached hydrogens (tertiary/aromatic N) is 1. The van der Waals surface area contributed by atoms with Gasteiger partial charge in [-0.3, -0.25) is 4.79 Å². The first-order chi connectivity index (χ1) is 14.0. The zero-order valence-corrected chi connectivity index (χ0v) is 17.5. The van der Waals surface area contributed by atoms with E-state index in [0.717, 1.165) is 34.2 Å². The fourth-order valence-corrected chi connectivity index (χ4v) is 5.67. The summed E-state index contributed by atoms with van der Waals surface area (Å²) in [6, 6.07) is 20.5. The molecular weight excluding hydrogens is 404 g/mol. The molecule has 4 rings (SSSR count). The van der Waals surface area contributed by atoms with E-state index in [9.17, 15) is 13.2 Å². The van der Waals surface area contributed by atoms with Gasteiger partial charge in [0.25, 0.3) is 0 Å². The number of anilines is 1. The average Bonchev–Trinajstić information content (AvgIpc) is 3.29. The fourth-order valence-electron chi connectivity index (χ4n) is 3.45. The van der Waals surface area contributed by atoms with Crippen molar-refractivity contribution in [2.24, 2.45) is 0 Å². The number of hydrogen-bond donors (Lipinski definition) is 1. The SMILES string of the molecule is O=C(CSc1ccc(S(=O)(=O)N2CCCC2)cc1)Nc1cccc2ccccc12. The zero-order valence-electron chi connectivity index (χ0n) is 15.9. The Kier molecular flexibility index (Phi) is 5.89. The van der Waals surface area contributed by atoms with Gasteiger partial charge >= 0.3 is 0 Å². The molecule has 3 aromatic carbocycles. The van der Waals surface area contributed by atoms with E-state index >= 15 is 0 Å². The van der Waals surface area contributed by atoms with Gasteiger partial charge in [0.15, 0.2) is 0 Å². The monoisotopic (exact) mass is 426 g/mol. The third kappa shape index (κ3) is 4.47. The van der Waals surface area contributed by atoms with Crippen LogP contribution in [-0.4, -0.2) is 37.5 Å². The Labute approximate surface area is 175 Å². The summed E-state index contributed by atoms with van der Waals surface area (Å²) in [4.78, 5) is 13.6. The first kappa shape index (κ1) is 19.9. The number of rotatable bonds is 6. The Morgan fingerprint density at radius 3 is 2.38 bits per heavy atom. The molecule has 5 nitrogen and oxygen atoms in total. The highest BCUT2D eigenvalue weighted by atomic mass is 32.2. The van der Waals surface area contributed by atoms with Gasteiger partial charge in [-0.15, -0.1) is 11.8 Å². The molecule has 1 fully saturated rings. The lowest BCUT2D eigenvalue weighted by Crippen LogP contribution is -2.27. The number of amides is 1. The molecule has 1 saturated heterocycles. The molecule has 0 aliphatic carbocycles. The van der Waals surface area contributed by atoms with Crippen LogP contribution in [0.3, 0.4) is 0 Å². The van der Waals surface area contributed by atoms with E-state index in [1.807, 2.05) is 42.5 Å². The van der Waals surface area contributed by atoms with Crippen LogP contribution in [0.2, 0.25) is 0 Å². The fraction of sp³-hybridized carbons (Fsp3) is 0.227. The van der Waals surface area contributed by atoms with Crippen LogP contribution in [0.25, 0.3) is 10.8 Å². The van der Waals surface area contributed by atoms with Crippen LogP contribution in [-0.2, 0) is 14.8 Å². The zero-order chi connectivity index (χ0) is 20.3. The minimum atomic E-state index is -3.40. The number of sulfonamides is 1. The Morgan fingerprint density at radius 2 is 1.62 bits per heavy atom. The normalized spacial score (nSPS) is 14.9. The van der Waals surface area contributed by atoms with Gasteiger partial charge in [-0.25, -0.2) is 8.42 Å². The molecule has 1 aliphatic heterocycles. The quantitative estimate of drug-likeness (QED) is 0.595. The van der Waals surface area contributed by atoms with Crippen molar-refractivity contribution in [2.45, 2.75) is 22.6 Å². The molecule has 0 atom stereocenters. The van der Waals surface area contributed by atoms with Crippen molar-refractivity contribution in [2.75, 3.05) is 24.2 Å². The predicted octanol–water partition coefficient (Wildman–Crippen LogP) is 4.36. The van der Waals surface area contributed by atoms with Crippen molar-refractivity contribution in [1.29, 1.82) is 0 Å². The van der Waals surface area contributed by atoms with Crippen LogP contribution < -0.4 is 5.32 Å². The molecule has 0 bridgehead atoms. The Hall–Kier alpha value is -2.35. The Morgan fingerprint density at radius 1 is 0.931 bits per heavy atom. The molecule has 0 aromatic heterocycles. The molecule has 0 saturated carbocycles. The summed E-state index contributed by atoms with van der Waals surface area (Å²) in [7, 11) is -3.40. The van der Waals surface area contributed by atoms with Crippen LogP contribution in [0, 0.1) is 0 Å². The highest BCUT2D eigenvalue weighted by Crippen LogP contribution is 2.26. The van der Waals surface area contributed by atoms with Crippen LogP contribution in [0.1, 0.15) is 12.8 Å². The van der Waals surface area contributed by atoms with E-state index in [0.29, 0.717) is 18.0 Å². The second kappa shape index (κ2) is 8.57. The molecule has 0 radical (unpaired) electrons. The molecular formula is C22H22N2O3S2. The summed E-state index contributed by atoms with van der Waals surface area (Å²) in [5, 5.41) is 5.05. The van der Waals surface area contributed by atoms with Gasteiger partial charge in [-0.2, -0.15) is 4.31 Å². The molecule has 0 unspecified atom stereocenters. The summed E-state index contributed by atoms with van der Waals surface area (Å²) in [5.41, 5.74) is 0.792. The third-order valence-corrected chi connectivity index (χ3v) is 7.89. The minimum Gasteiger partial charge on any atom is -0.325 e. The lowest BCUT2D eigenvalue weighted by Gasteiger charge is -2.15. The van der Waals surface area contributed by atoms with E-state index in [2.05, 4.69) is 5.32 Å². The molecule has 1 amide bonds. The van der Waals surface area contributed by atoms with Gasteiger partial charge in [-0.1, -0.05) is 36.4 Å². The van der Waals surface area contributed by atoms with E-state index in [4.69, 9.17) is 0 Å². The molecule has 0 spiro atoms. The smallest absolute Gasteiger partial charge is 0.243 e. The molecule has 3 aromatic rings. The molecule has 7 heteroatoms. The molecule has 1 aliphatic rings. The van der Waals surface area contributed by atoms with E-state index < -0.39 is 10.0 Å². The van der Waals surface area contributed by atoms with Crippen LogP contribution >= 0.6 is 11.8 Å². The summed E-state index contributed by atoms with van der Waals surface area (Å²) in [6.45, 7) is 1.18. The second-order valence-electron chi connectivity index (χ2n) is 6.95. The van der Waals surface area contributed by atoms with Gasteiger partial charge < -0.3 is 5.32 Å². The van der Waals surface area contributed by atoms with Crippen LogP contribution in [0.15, 0.2) is 76.5 Å². The van der Waals surface area contributed by atoms with Gasteiger partial charge in [0.1, 0.15) is 0 Å². The second-order valence-corrected chi connectivity index (χ2v) is 9.93. The van der Waals surface area contributed by atoms with Crippen LogP contribution in [0.4, 0.5) is 5.69 Å². The number of nitrogens with one attached hydrogen (secondary N) is 1. The first-order valence-corrected chi connectivity index (χ1v) is 12.0. The number of fused-ring (bicyclic) bond motifs is 1. The van der Waals surface area contributed by atoms with Crippen LogP contribution in [0.5, 0.6) is 0 Å². The average molecular weight is 427 g/mol. The van der Waals surface area contributed by atoms with Crippen molar-refractivity contribution < 1.29 is 13.2 Å².